The van der Waals surface area contributed by atoms with E-state index in [1.54, 1.807) is 32.9 Å². The maximum atomic E-state index is 12.3. The fourth-order valence-electron chi connectivity index (χ4n) is 1.88. The molecule has 6 heteroatoms. The molecule has 0 atom stereocenters. The molecule has 2 rings (SSSR count). The molecule has 0 aliphatic carbocycles. The first kappa shape index (κ1) is 15.8. The number of aromatic nitrogens is 2. The number of hydrogen-bond acceptors (Lipinski definition) is 4. The van der Waals surface area contributed by atoms with Crippen LogP contribution in [0.5, 0.6) is 0 Å². The fraction of sp³-hybridized carbons (Fsp3) is 0.312. The van der Waals surface area contributed by atoms with E-state index in [1.165, 1.54) is 6.07 Å². The molecule has 0 amide bonds. The number of benzene rings is 1. The van der Waals surface area contributed by atoms with Crippen LogP contribution in [0, 0.1) is 0 Å². The number of rotatable bonds is 2. The lowest BCUT2D eigenvalue weighted by Crippen LogP contribution is -2.43. The summed E-state index contributed by atoms with van der Waals surface area (Å²) in [6, 6.07) is 10.3. The molecule has 0 unspecified atom stereocenters. The zero-order valence-corrected chi connectivity index (χ0v) is 12.8. The van der Waals surface area contributed by atoms with Crippen LogP contribution in [0.25, 0.3) is 0 Å². The Balaban J connectivity index is 2.40. The van der Waals surface area contributed by atoms with Crippen molar-refractivity contribution in [2.75, 3.05) is 0 Å². The molecule has 0 aliphatic rings. The Morgan fingerprint density at radius 3 is 2.32 bits per heavy atom. The van der Waals surface area contributed by atoms with Crippen molar-refractivity contribution in [2.45, 2.75) is 32.9 Å². The molecule has 0 N–H and O–H groups in total. The lowest BCUT2D eigenvalue weighted by Gasteiger charge is -2.19. The molecular formula is C16H18N2O4. The van der Waals surface area contributed by atoms with Gasteiger partial charge in [0.05, 0.1) is 6.54 Å². The monoisotopic (exact) mass is 302 g/mol. The summed E-state index contributed by atoms with van der Waals surface area (Å²) in [5.74, 6) is 0. The summed E-state index contributed by atoms with van der Waals surface area (Å²) in [6.07, 6.45) is 0.333. The standard InChI is InChI=1S/C16H18N2O4/c1-16(2,3)22-15(21)17-10-9-13(19)18(14(17)20)11-12-7-5-4-6-8-12/h4-10H,11H2,1-3H3. The van der Waals surface area contributed by atoms with Gasteiger partial charge >= 0.3 is 11.8 Å². The first-order chi connectivity index (χ1) is 10.3. The largest absolute Gasteiger partial charge is 0.443 e. The average Bonchev–Trinajstić information content (AvgIpc) is 2.42. The highest BCUT2D eigenvalue weighted by Gasteiger charge is 2.20. The Hall–Kier alpha value is -2.63. The Kier molecular flexibility index (Phi) is 4.30. The van der Waals surface area contributed by atoms with E-state index in [0.29, 0.717) is 0 Å². The van der Waals surface area contributed by atoms with Gasteiger partial charge in [0.1, 0.15) is 5.60 Å². The molecule has 0 spiro atoms. The second-order valence-electron chi connectivity index (χ2n) is 5.86. The summed E-state index contributed by atoms with van der Waals surface area (Å²) in [4.78, 5) is 36.3. The van der Waals surface area contributed by atoms with Gasteiger partial charge in [0.2, 0.25) is 0 Å². The Morgan fingerprint density at radius 1 is 1.09 bits per heavy atom. The minimum absolute atomic E-state index is 0.0993. The normalized spacial score (nSPS) is 11.2. The molecule has 116 valence electrons. The zero-order valence-electron chi connectivity index (χ0n) is 12.8. The zero-order chi connectivity index (χ0) is 16.3. The molecule has 1 aromatic carbocycles. The third-order valence-electron chi connectivity index (χ3n) is 2.84. The van der Waals surface area contributed by atoms with Crippen molar-refractivity contribution in [2.24, 2.45) is 0 Å². The van der Waals surface area contributed by atoms with Gasteiger partial charge in [-0.25, -0.2) is 14.2 Å². The van der Waals surface area contributed by atoms with E-state index in [2.05, 4.69) is 0 Å². The molecule has 1 aromatic heterocycles. The third kappa shape index (κ3) is 3.72. The molecule has 0 bridgehead atoms. The number of hydrogen-bond donors (Lipinski definition) is 0. The van der Waals surface area contributed by atoms with Crippen molar-refractivity contribution in [3.63, 3.8) is 0 Å². The van der Waals surface area contributed by atoms with Crippen molar-refractivity contribution in [1.82, 2.24) is 9.13 Å². The van der Waals surface area contributed by atoms with Gasteiger partial charge in [0, 0.05) is 12.3 Å². The Labute approximate surface area is 127 Å². The summed E-state index contributed by atoms with van der Waals surface area (Å²) < 4.78 is 6.96. The van der Waals surface area contributed by atoms with Gasteiger partial charge in [0.15, 0.2) is 0 Å². The lowest BCUT2D eigenvalue weighted by atomic mass is 10.2. The quantitative estimate of drug-likeness (QED) is 0.848. The molecule has 0 saturated carbocycles. The second-order valence-corrected chi connectivity index (χ2v) is 5.86. The summed E-state index contributed by atoms with van der Waals surface area (Å²) in [5.41, 5.74) is -1.11. The van der Waals surface area contributed by atoms with Crippen LogP contribution in [0.1, 0.15) is 26.3 Å². The van der Waals surface area contributed by atoms with Crippen LogP contribution < -0.4 is 11.2 Å². The van der Waals surface area contributed by atoms with Crippen LogP contribution in [0.15, 0.2) is 52.2 Å². The minimum atomic E-state index is -0.806. The van der Waals surface area contributed by atoms with Crippen LogP contribution >= 0.6 is 0 Å². The van der Waals surface area contributed by atoms with E-state index in [4.69, 9.17) is 4.74 Å². The predicted molar refractivity (Wildman–Crippen MR) is 82.1 cm³/mol. The van der Waals surface area contributed by atoms with Crippen LogP contribution in [0.2, 0.25) is 0 Å². The third-order valence-corrected chi connectivity index (χ3v) is 2.84. The molecule has 2 aromatic rings. The summed E-state index contributed by atoms with van der Waals surface area (Å²) >= 11 is 0. The van der Waals surface area contributed by atoms with E-state index in [-0.39, 0.29) is 6.54 Å². The highest BCUT2D eigenvalue weighted by atomic mass is 16.6. The molecule has 1 heterocycles. The molecule has 22 heavy (non-hydrogen) atoms. The highest BCUT2D eigenvalue weighted by molar-refractivity contribution is 5.70. The first-order valence-corrected chi connectivity index (χ1v) is 6.88. The van der Waals surface area contributed by atoms with Crippen LogP contribution in [-0.2, 0) is 11.3 Å². The van der Waals surface area contributed by atoms with E-state index in [9.17, 15) is 14.4 Å². The summed E-state index contributed by atoms with van der Waals surface area (Å²) in [5, 5.41) is 0. The van der Waals surface area contributed by atoms with Crippen molar-refractivity contribution in [1.29, 1.82) is 0 Å². The van der Waals surface area contributed by atoms with Gasteiger partial charge in [-0.15, -0.1) is 0 Å². The molecule has 0 radical (unpaired) electrons. The maximum Gasteiger partial charge on any atom is 0.422 e. The van der Waals surface area contributed by atoms with Gasteiger partial charge in [0.25, 0.3) is 5.56 Å². The molecule has 0 saturated heterocycles. The van der Waals surface area contributed by atoms with Crippen LogP contribution in [-0.4, -0.2) is 20.8 Å². The fourth-order valence-corrected chi connectivity index (χ4v) is 1.88. The van der Waals surface area contributed by atoms with Gasteiger partial charge in [-0.2, -0.15) is 0 Å². The number of nitrogens with zero attached hydrogens (tertiary/aromatic N) is 2. The predicted octanol–water partition coefficient (Wildman–Crippen LogP) is 1.84. The molecule has 6 nitrogen and oxygen atoms in total. The van der Waals surface area contributed by atoms with Crippen LogP contribution in [0.4, 0.5) is 4.79 Å². The second kappa shape index (κ2) is 6.01. The van der Waals surface area contributed by atoms with E-state index < -0.39 is 22.9 Å². The first-order valence-electron chi connectivity index (χ1n) is 6.88. The Morgan fingerprint density at radius 2 is 1.73 bits per heavy atom. The SMILES string of the molecule is CC(C)(C)OC(=O)n1ccc(=O)n(Cc2ccccc2)c1=O. The minimum Gasteiger partial charge on any atom is -0.443 e. The summed E-state index contributed by atoms with van der Waals surface area (Å²) in [6.45, 7) is 5.21. The topological polar surface area (TPSA) is 70.3 Å². The molecule has 0 fully saturated rings. The van der Waals surface area contributed by atoms with Crippen molar-refractivity contribution >= 4 is 6.09 Å². The van der Waals surface area contributed by atoms with Gasteiger partial charge < -0.3 is 4.74 Å². The Bertz CT molecular complexity index is 782. The van der Waals surface area contributed by atoms with Crippen molar-refractivity contribution in [3.05, 3.63) is 69.0 Å². The van der Waals surface area contributed by atoms with Crippen molar-refractivity contribution in [3.8, 4) is 0 Å². The van der Waals surface area contributed by atoms with E-state index >= 15 is 0 Å². The smallest absolute Gasteiger partial charge is 0.422 e. The number of ether oxygens (including phenoxy) is 1. The van der Waals surface area contributed by atoms with Gasteiger partial charge in [-0.05, 0) is 26.3 Å². The molecular weight excluding hydrogens is 284 g/mol. The van der Waals surface area contributed by atoms with Gasteiger partial charge in [-0.1, -0.05) is 30.3 Å². The van der Waals surface area contributed by atoms with Gasteiger partial charge in [-0.3, -0.25) is 9.36 Å². The lowest BCUT2D eigenvalue weighted by molar-refractivity contribution is 0.0525. The highest BCUT2D eigenvalue weighted by Crippen LogP contribution is 2.07. The van der Waals surface area contributed by atoms with E-state index in [1.807, 2.05) is 18.2 Å². The molecule has 0 aliphatic heterocycles. The van der Waals surface area contributed by atoms with E-state index in [0.717, 1.165) is 20.9 Å². The van der Waals surface area contributed by atoms with Crippen molar-refractivity contribution < 1.29 is 9.53 Å². The number of carbonyl (C=O) groups excluding carboxylic acids is 1. The maximum absolute atomic E-state index is 12.3. The summed E-state index contributed by atoms with van der Waals surface area (Å²) in [7, 11) is 0. The van der Waals surface area contributed by atoms with Crippen LogP contribution in [0.3, 0.4) is 0 Å². The number of carbonyl (C=O) groups is 1. The average molecular weight is 302 g/mol.